The molecule has 2 rings (SSSR count). The number of nitrogens with one attached hydrogen (secondary N) is 1. The van der Waals surface area contributed by atoms with Crippen LogP contribution in [0.25, 0.3) is 0 Å². The second-order valence-corrected chi connectivity index (χ2v) is 6.02. The molecule has 0 spiro atoms. The minimum Gasteiger partial charge on any atom is -0.382 e. The second-order valence-electron chi connectivity index (χ2n) is 5.10. The van der Waals surface area contributed by atoms with Crippen molar-refractivity contribution in [3.8, 4) is 0 Å². The van der Waals surface area contributed by atoms with Gasteiger partial charge < -0.3 is 10.2 Å². The molecule has 2 nitrogen and oxygen atoms in total. The number of nitrogens with zero attached hydrogens (tertiary/aromatic N) is 1. The molecule has 1 aromatic rings. The molecule has 1 aliphatic heterocycles. The molecule has 0 aromatic heterocycles. The summed E-state index contributed by atoms with van der Waals surface area (Å²) in [5.41, 5.74) is 1.22. The maximum absolute atomic E-state index is 3.61. The number of benzene rings is 1. The maximum Gasteiger partial charge on any atom is 0.0343 e. The third kappa shape index (κ3) is 3.71. The van der Waals surface area contributed by atoms with Gasteiger partial charge in [0.15, 0.2) is 0 Å². The first-order valence-electron chi connectivity index (χ1n) is 6.36. The lowest BCUT2D eigenvalue weighted by Gasteiger charge is -2.34. The lowest BCUT2D eigenvalue weighted by atomic mass is 9.92. The van der Waals surface area contributed by atoms with Gasteiger partial charge in [0.2, 0.25) is 0 Å². The highest BCUT2D eigenvalue weighted by Crippen LogP contribution is 2.22. The fourth-order valence-corrected chi connectivity index (χ4v) is 2.81. The topological polar surface area (TPSA) is 15.3 Å². The summed E-state index contributed by atoms with van der Waals surface area (Å²) in [5, 5.41) is 3.61. The van der Waals surface area contributed by atoms with Crippen LogP contribution in [-0.2, 0) is 0 Å². The summed E-state index contributed by atoms with van der Waals surface area (Å²) in [6.45, 7) is 4.76. The number of hydrogen-bond donors (Lipinski definition) is 1. The predicted octanol–water partition coefficient (Wildman–Crippen LogP) is 3.59. The van der Waals surface area contributed by atoms with E-state index in [4.69, 9.17) is 0 Å². The molecule has 0 bridgehead atoms. The van der Waals surface area contributed by atoms with E-state index in [0.717, 1.165) is 10.4 Å². The van der Waals surface area contributed by atoms with Gasteiger partial charge in [-0.25, -0.2) is 0 Å². The second kappa shape index (κ2) is 5.87. The molecule has 2 atom stereocenters. The van der Waals surface area contributed by atoms with Gasteiger partial charge in [-0.2, -0.15) is 0 Å². The normalized spacial score (nSPS) is 23.4. The molecule has 0 radical (unpaired) electrons. The molecule has 1 aromatic carbocycles. The van der Waals surface area contributed by atoms with Crippen molar-refractivity contribution in [3.63, 3.8) is 0 Å². The van der Waals surface area contributed by atoms with E-state index in [1.165, 1.54) is 31.6 Å². The van der Waals surface area contributed by atoms with Gasteiger partial charge in [-0.15, -0.1) is 0 Å². The van der Waals surface area contributed by atoms with E-state index in [1.54, 1.807) is 0 Å². The standard InChI is InChI=1S/C14H21BrN2/c1-11(12-4-3-9-17(2)10-12)16-14-7-5-13(15)6-8-14/h5-8,11-12,16H,3-4,9-10H2,1-2H3. The maximum atomic E-state index is 3.61. The Morgan fingerprint density at radius 3 is 2.71 bits per heavy atom. The van der Waals surface area contributed by atoms with Crippen molar-refractivity contribution < 1.29 is 0 Å². The zero-order valence-electron chi connectivity index (χ0n) is 10.6. The van der Waals surface area contributed by atoms with Gasteiger partial charge in [0.1, 0.15) is 0 Å². The molecule has 0 saturated carbocycles. The first kappa shape index (κ1) is 12.9. The van der Waals surface area contributed by atoms with Gasteiger partial charge in [0.25, 0.3) is 0 Å². The molecular weight excluding hydrogens is 276 g/mol. The van der Waals surface area contributed by atoms with Crippen molar-refractivity contribution in [2.45, 2.75) is 25.8 Å². The van der Waals surface area contributed by atoms with Crippen LogP contribution in [0.2, 0.25) is 0 Å². The van der Waals surface area contributed by atoms with Crippen LogP contribution < -0.4 is 5.32 Å². The van der Waals surface area contributed by atoms with Gasteiger partial charge in [0.05, 0.1) is 0 Å². The highest BCUT2D eigenvalue weighted by atomic mass is 79.9. The molecule has 1 heterocycles. The number of halogens is 1. The quantitative estimate of drug-likeness (QED) is 0.917. The monoisotopic (exact) mass is 296 g/mol. The van der Waals surface area contributed by atoms with Crippen LogP contribution >= 0.6 is 15.9 Å². The first-order valence-corrected chi connectivity index (χ1v) is 7.15. The largest absolute Gasteiger partial charge is 0.382 e. The van der Waals surface area contributed by atoms with Crippen LogP contribution in [0.1, 0.15) is 19.8 Å². The molecule has 1 aliphatic rings. The van der Waals surface area contributed by atoms with Gasteiger partial charge >= 0.3 is 0 Å². The van der Waals surface area contributed by atoms with Crippen molar-refractivity contribution in [2.75, 3.05) is 25.5 Å². The first-order chi connectivity index (χ1) is 8.15. The molecule has 17 heavy (non-hydrogen) atoms. The number of hydrogen-bond acceptors (Lipinski definition) is 2. The van der Waals surface area contributed by atoms with Crippen LogP contribution in [0, 0.1) is 5.92 Å². The van der Waals surface area contributed by atoms with Gasteiger partial charge in [0, 0.05) is 22.7 Å². The van der Waals surface area contributed by atoms with Crippen molar-refractivity contribution in [1.29, 1.82) is 0 Å². The minimum atomic E-state index is 0.541. The number of rotatable bonds is 3. The molecule has 1 fully saturated rings. The van der Waals surface area contributed by atoms with Gasteiger partial charge in [-0.05, 0) is 63.5 Å². The average molecular weight is 297 g/mol. The summed E-state index contributed by atoms with van der Waals surface area (Å²) in [6, 6.07) is 8.98. The Morgan fingerprint density at radius 1 is 1.35 bits per heavy atom. The SMILES string of the molecule is CC(Nc1ccc(Br)cc1)C1CCCN(C)C1. The lowest BCUT2D eigenvalue weighted by molar-refractivity contribution is 0.197. The van der Waals surface area contributed by atoms with E-state index in [0.29, 0.717) is 6.04 Å². The Morgan fingerprint density at radius 2 is 2.06 bits per heavy atom. The van der Waals surface area contributed by atoms with Crippen molar-refractivity contribution in [2.24, 2.45) is 5.92 Å². The zero-order chi connectivity index (χ0) is 12.3. The predicted molar refractivity (Wildman–Crippen MR) is 77.4 cm³/mol. The third-order valence-corrected chi connectivity index (χ3v) is 4.14. The third-order valence-electron chi connectivity index (χ3n) is 3.61. The molecule has 0 aliphatic carbocycles. The van der Waals surface area contributed by atoms with Crippen molar-refractivity contribution in [3.05, 3.63) is 28.7 Å². The fraction of sp³-hybridized carbons (Fsp3) is 0.571. The van der Waals surface area contributed by atoms with E-state index >= 15 is 0 Å². The summed E-state index contributed by atoms with van der Waals surface area (Å²) in [4.78, 5) is 2.44. The summed E-state index contributed by atoms with van der Waals surface area (Å²) in [6.07, 6.45) is 2.67. The van der Waals surface area contributed by atoms with Crippen LogP contribution in [-0.4, -0.2) is 31.1 Å². The summed E-state index contributed by atoms with van der Waals surface area (Å²) < 4.78 is 1.13. The number of piperidine rings is 1. The smallest absolute Gasteiger partial charge is 0.0343 e. The van der Waals surface area contributed by atoms with Gasteiger partial charge in [-0.1, -0.05) is 15.9 Å². The summed E-state index contributed by atoms with van der Waals surface area (Å²) >= 11 is 3.46. The molecular formula is C14H21BrN2. The summed E-state index contributed by atoms with van der Waals surface area (Å²) in [7, 11) is 2.22. The average Bonchev–Trinajstić information content (AvgIpc) is 2.32. The minimum absolute atomic E-state index is 0.541. The Kier molecular flexibility index (Phi) is 4.46. The van der Waals surface area contributed by atoms with Crippen molar-refractivity contribution >= 4 is 21.6 Å². The molecule has 1 saturated heterocycles. The van der Waals surface area contributed by atoms with E-state index < -0.39 is 0 Å². The van der Waals surface area contributed by atoms with E-state index in [1.807, 2.05) is 0 Å². The Balaban J connectivity index is 1.91. The molecule has 1 N–H and O–H groups in total. The van der Waals surface area contributed by atoms with E-state index in [2.05, 4.69) is 64.4 Å². The molecule has 94 valence electrons. The Labute approximate surface area is 113 Å². The molecule has 0 amide bonds. The highest BCUT2D eigenvalue weighted by molar-refractivity contribution is 9.10. The van der Waals surface area contributed by atoms with Gasteiger partial charge in [-0.3, -0.25) is 0 Å². The Hall–Kier alpha value is -0.540. The lowest BCUT2D eigenvalue weighted by Crippen LogP contribution is -2.39. The summed E-state index contributed by atoms with van der Waals surface area (Å²) in [5.74, 6) is 0.761. The number of anilines is 1. The van der Waals surface area contributed by atoms with Crippen LogP contribution in [0.4, 0.5) is 5.69 Å². The van der Waals surface area contributed by atoms with E-state index in [-0.39, 0.29) is 0 Å². The van der Waals surface area contributed by atoms with E-state index in [9.17, 15) is 0 Å². The molecule has 2 unspecified atom stereocenters. The zero-order valence-corrected chi connectivity index (χ0v) is 12.2. The van der Waals surface area contributed by atoms with Crippen LogP contribution in [0.3, 0.4) is 0 Å². The fourth-order valence-electron chi connectivity index (χ4n) is 2.54. The molecule has 3 heteroatoms. The Bertz CT molecular complexity index is 350. The number of likely N-dealkylation sites (tertiary alicyclic amines) is 1. The van der Waals surface area contributed by atoms with Crippen LogP contribution in [0.15, 0.2) is 28.7 Å². The van der Waals surface area contributed by atoms with Crippen LogP contribution in [0.5, 0.6) is 0 Å². The highest BCUT2D eigenvalue weighted by Gasteiger charge is 2.22. The van der Waals surface area contributed by atoms with Crippen molar-refractivity contribution in [1.82, 2.24) is 4.90 Å².